The predicted molar refractivity (Wildman–Crippen MR) is 81.7 cm³/mol. The van der Waals surface area contributed by atoms with Crippen LogP contribution in [0.15, 0.2) is 12.1 Å². The van der Waals surface area contributed by atoms with Gasteiger partial charge < -0.3 is 14.8 Å². The quantitative estimate of drug-likeness (QED) is 0.630. The minimum absolute atomic E-state index is 0.530. The third-order valence-electron chi connectivity index (χ3n) is 2.66. The second-order valence-corrected chi connectivity index (χ2v) is 6.18. The molecule has 1 N–H and O–H groups in total. The van der Waals surface area contributed by atoms with Gasteiger partial charge in [-0.25, -0.2) is 0 Å². The summed E-state index contributed by atoms with van der Waals surface area (Å²) in [6.07, 6.45) is 2.32. The summed E-state index contributed by atoms with van der Waals surface area (Å²) in [6, 6.07) is 4.86. The molecule has 0 unspecified atom stereocenters. The molecule has 1 aromatic heterocycles. The van der Waals surface area contributed by atoms with Gasteiger partial charge in [0.25, 0.3) is 0 Å². The number of thiophene rings is 1. The Balaban J connectivity index is 2.06. The molecule has 3 nitrogen and oxygen atoms in total. The molecule has 0 fully saturated rings. The summed E-state index contributed by atoms with van der Waals surface area (Å²) in [5.41, 5.74) is 0. The summed E-state index contributed by atoms with van der Waals surface area (Å²) < 4.78 is 11.1. The Hall–Kier alpha value is -0.420. The third-order valence-corrected chi connectivity index (χ3v) is 3.72. The first-order valence-corrected chi connectivity index (χ1v) is 8.00. The van der Waals surface area contributed by atoms with E-state index in [1.807, 2.05) is 11.3 Å². The van der Waals surface area contributed by atoms with Crippen molar-refractivity contribution in [1.82, 2.24) is 5.32 Å². The van der Waals surface area contributed by atoms with Crippen LogP contribution in [0.5, 0.6) is 0 Å². The van der Waals surface area contributed by atoms with Crippen molar-refractivity contribution < 1.29 is 9.47 Å². The smallest absolute Gasteiger partial charge is 0.0810 e. The maximum atomic E-state index is 5.60. The lowest BCUT2D eigenvalue weighted by molar-refractivity contribution is 0.0406. The van der Waals surface area contributed by atoms with Gasteiger partial charge in [0.1, 0.15) is 0 Å². The van der Waals surface area contributed by atoms with Gasteiger partial charge in [0.2, 0.25) is 0 Å². The zero-order valence-corrected chi connectivity index (χ0v) is 13.2. The van der Waals surface area contributed by atoms with Crippen molar-refractivity contribution in [1.29, 1.82) is 0 Å². The van der Waals surface area contributed by atoms with E-state index in [0.29, 0.717) is 25.9 Å². The van der Waals surface area contributed by atoms with Crippen molar-refractivity contribution in [3.8, 4) is 0 Å². The fourth-order valence-corrected chi connectivity index (χ4v) is 2.45. The molecule has 0 atom stereocenters. The monoisotopic (exact) mass is 285 g/mol. The molecule has 0 aliphatic rings. The predicted octanol–water partition coefficient (Wildman–Crippen LogP) is 3.58. The normalized spacial score (nSPS) is 11.4. The molecule has 1 rings (SSSR count). The van der Waals surface area contributed by atoms with Crippen molar-refractivity contribution in [3.05, 3.63) is 21.9 Å². The summed E-state index contributed by atoms with van der Waals surface area (Å²) in [7, 11) is 0. The molecule has 0 saturated carbocycles. The summed E-state index contributed by atoms with van der Waals surface area (Å²) in [5, 5.41) is 3.42. The molecule has 0 saturated heterocycles. The van der Waals surface area contributed by atoms with Gasteiger partial charge in [-0.1, -0.05) is 27.2 Å². The van der Waals surface area contributed by atoms with Crippen molar-refractivity contribution in [2.75, 3.05) is 19.8 Å². The van der Waals surface area contributed by atoms with E-state index in [1.54, 1.807) is 0 Å². The van der Waals surface area contributed by atoms with Gasteiger partial charge in [-0.3, -0.25) is 0 Å². The Morgan fingerprint density at radius 3 is 2.58 bits per heavy atom. The average molecular weight is 285 g/mol. The maximum Gasteiger partial charge on any atom is 0.0810 e. The first kappa shape index (κ1) is 16.6. The first-order chi connectivity index (χ1) is 9.22. The van der Waals surface area contributed by atoms with Crippen molar-refractivity contribution in [3.63, 3.8) is 0 Å². The fraction of sp³-hybridized carbons (Fsp3) is 0.733. The van der Waals surface area contributed by atoms with E-state index >= 15 is 0 Å². The molecule has 110 valence electrons. The van der Waals surface area contributed by atoms with Crippen LogP contribution in [-0.4, -0.2) is 25.9 Å². The standard InChI is InChI=1S/C15H27NO2S/c1-4-5-8-17-9-10-18-12-15-7-6-14(19-15)11-16-13(2)3/h6-7,13,16H,4-5,8-12H2,1-3H3. The van der Waals surface area contributed by atoms with Crippen LogP contribution in [0.4, 0.5) is 0 Å². The number of rotatable bonds is 11. The van der Waals surface area contributed by atoms with Gasteiger partial charge in [-0.15, -0.1) is 11.3 Å². The van der Waals surface area contributed by atoms with Crippen molar-refractivity contribution >= 4 is 11.3 Å². The molecule has 1 heterocycles. The summed E-state index contributed by atoms with van der Waals surface area (Å²) in [5.74, 6) is 0. The molecule has 0 bridgehead atoms. The van der Waals surface area contributed by atoms with E-state index in [0.717, 1.165) is 19.6 Å². The Morgan fingerprint density at radius 2 is 1.84 bits per heavy atom. The van der Waals surface area contributed by atoms with E-state index in [1.165, 1.54) is 16.2 Å². The van der Waals surface area contributed by atoms with Crippen LogP contribution in [0.3, 0.4) is 0 Å². The Labute approximate surface area is 121 Å². The van der Waals surface area contributed by atoms with Crippen LogP contribution in [0.1, 0.15) is 43.4 Å². The van der Waals surface area contributed by atoms with E-state index in [9.17, 15) is 0 Å². The molecule has 4 heteroatoms. The SMILES string of the molecule is CCCCOCCOCc1ccc(CNC(C)C)s1. The lowest BCUT2D eigenvalue weighted by Crippen LogP contribution is -2.21. The van der Waals surface area contributed by atoms with E-state index in [2.05, 4.69) is 38.2 Å². The van der Waals surface area contributed by atoms with Crippen LogP contribution in [-0.2, 0) is 22.6 Å². The van der Waals surface area contributed by atoms with Crippen LogP contribution in [0, 0.1) is 0 Å². The highest BCUT2D eigenvalue weighted by atomic mass is 32.1. The summed E-state index contributed by atoms with van der Waals surface area (Å²) >= 11 is 1.82. The average Bonchev–Trinajstić information content (AvgIpc) is 2.83. The largest absolute Gasteiger partial charge is 0.379 e. The highest BCUT2D eigenvalue weighted by Gasteiger charge is 2.01. The van der Waals surface area contributed by atoms with Crippen LogP contribution in [0.25, 0.3) is 0 Å². The molecule has 0 aliphatic carbocycles. The topological polar surface area (TPSA) is 30.5 Å². The molecule has 19 heavy (non-hydrogen) atoms. The maximum absolute atomic E-state index is 5.60. The van der Waals surface area contributed by atoms with Gasteiger partial charge in [0, 0.05) is 28.9 Å². The lowest BCUT2D eigenvalue weighted by atomic mass is 10.3. The molecule has 1 aromatic rings. The minimum Gasteiger partial charge on any atom is -0.379 e. The second kappa shape index (κ2) is 10.4. The fourth-order valence-electron chi connectivity index (χ4n) is 1.54. The van der Waals surface area contributed by atoms with Crippen LogP contribution < -0.4 is 5.32 Å². The molecule has 0 aliphatic heterocycles. The van der Waals surface area contributed by atoms with Gasteiger partial charge >= 0.3 is 0 Å². The molecule has 0 amide bonds. The first-order valence-electron chi connectivity index (χ1n) is 7.18. The Kier molecular flexibility index (Phi) is 9.08. The van der Waals surface area contributed by atoms with Crippen LogP contribution >= 0.6 is 11.3 Å². The van der Waals surface area contributed by atoms with Gasteiger partial charge in [0.15, 0.2) is 0 Å². The third kappa shape index (κ3) is 8.37. The minimum atomic E-state index is 0.530. The lowest BCUT2D eigenvalue weighted by Gasteiger charge is -2.05. The van der Waals surface area contributed by atoms with Crippen LogP contribution in [0.2, 0.25) is 0 Å². The molecule has 0 aromatic carbocycles. The summed E-state index contributed by atoms with van der Waals surface area (Å²) in [4.78, 5) is 2.65. The number of hydrogen-bond donors (Lipinski definition) is 1. The number of ether oxygens (including phenoxy) is 2. The highest BCUT2D eigenvalue weighted by molar-refractivity contribution is 7.11. The zero-order valence-electron chi connectivity index (χ0n) is 12.4. The van der Waals surface area contributed by atoms with E-state index < -0.39 is 0 Å². The van der Waals surface area contributed by atoms with Gasteiger partial charge in [0.05, 0.1) is 19.8 Å². The highest BCUT2D eigenvalue weighted by Crippen LogP contribution is 2.17. The molecule has 0 radical (unpaired) electrons. The van der Waals surface area contributed by atoms with Crippen molar-refractivity contribution in [2.24, 2.45) is 0 Å². The summed E-state index contributed by atoms with van der Waals surface area (Å²) in [6.45, 7) is 10.4. The molecular weight excluding hydrogens is 258 g/mol. The Morgan fingerprint density at radius 1 is 1.11 bits per heavy atom. The number of nitrogens with one attached hydrogen (secondary N) is 1. The Bertz CT molecular complexity index is 326. The number of hydrogen-bond acceptors (Lipinski definition) is 4. The molecular formula is C15H27NO2S. The zero-order chi connectivity index (χ0) is 13.9. The number of unbranched alkanes of at least 4 members (excludes halogenated alkanes) is 1. The second-order valence-electron chi connectivity index (χ2n) is 4.92. The van der Waals surface area contributed by atoms with Gasteiger partial charge in [-0.2, -0.15) is 0 Å². The van der Waals surface area contributed by atoms with Crippen molar-refractivity contribution in [2.45, 2.75) is 52.8 Å². The van der Waals surface area contributed by atoms with E-state index in [4.69, 9.17) is 9.47 Å². The molecule has 0 spiro atoms. The van der Waals surface area contributed by atoms with E-state index in [-0.39, 0.29) is 0 Å². The van der Waals surface area contributed by atoms with Gasteiger partial charge in [-0.05, 0) is 18.6 Å².